The molecule has 7 heteroatoms. The Labute approximate surface area is 109 Å². The third-order valence-corrected chi connectivity index (χ3v) is 4.89. The van der Waals surface area contributed by atoms with E-state index in [1.54, 1.807) is 0 Å². The topological polar surface area (TPSA) is 101 Å². The predicted molar refractivity (Wildman–Crippen MR) is 70.4 cm³/mol. The molecule has 0 aromatic rings. The number of hydrogen-bond donors (Lipinski definition) is 3. The lowest BCUT2D eigenvalue weighted by Crippen LogP contribution is -2.41. The highest BCUT2D eigenvalue weighted by molar-refractivity contribution is 7.89. The van der Waals surface area contributed by atoms with Crippen molar-refractivity contribution >= 4 is 15.9 Å². The Morgan fingerprint density at radius 3 is 2.61 bits per heavy atom. The van der Waals surface area contributed by atoms with Crippen LogP contribution in [0.2, 0.25) is 0 Å². The molecule has 1 aliphatic rings. The van der Waals surface area contributed by atoms with E-state index in [1.165, 1.54) is 7.05 Å². The van der Waals surface area contributed by atoms with Crippen molar-refractivity contribution in [1.82, 2.24) is 10.0 Å². The summed E-state index contributed by atoms with van der Waals surface area (Å²) in [5.74, 6) is 0.0343. The highest BCUT2D eigenvalue weighted by atomic mass is 32.2. The first-order valence-electron chi connectivity index (χ1n) is 6.39. The zero-order valence-electron chi connectivity index (χ0n) is 10.8. The molecule has 0 aromatic carbocycles. The van der Waals surface area contributed by atoms with E-state index in [-0.39, 0.29) is 30.0 Å². The lowest BCUT2D eigenvalue weighted by atomic mass is 9.79. The molecule has 1 rings (SSSR count). The van der Waals surface area contributed by atoms with E-state index in [1.807, 2.05) is 0 Å². The number of carbonyl (C=O) groups excluding carboxylic acids is 1. The van der Waals surface area contributed by atoms with Gasteiger partial charge in [-0.25, -0.2) is 13.1 Å². The van der Waals surface area contributed by atoms with E-state index in [2.05, 4.69) is 10.0 Å². The zero-order valence-corrected chi connectivity index (χ0v) is 11.6. The fourth-order valence-electron chi connectivity index (χ4n) is 2.38. The number of nitrogens with one attached hydrogen (secondary N) is 2. The molecular formula is C11H23N3O3S. The largest absolute Gasteiger partial charge is 0.355 e. The Hall–Kier alpha value is -0.660. The van der Waals surface area contributed by atoms with E-state index in [0.29, 0.717) is 6.54 Å². The van der Waals surface area contributed by atoms with Crippen LogP contribution in [0.3, 0.4) is 0 Å². The van der Waals surface area contributed by atoms with E-state index in [4.69, 9.17) is 5.73 Å². The van der Waals surface area contributed by atoms with Crippen molar-refractivity contribution in [2.75, 3.05) is 25.9 Å². The maximum atomic E-state index is 12.0. The molecule has 1 amide bonds. The molecule has 1 fully saturated rings. The Kier molecular flexibility index (Phi) is 6.04. The van der Waals surface area contributed by atoms with Crippen LogP contribution in [-0.4, -0.2) is 40.2 Å². The normalized spacial score (nSPS) is 24.8. The van der Waals surface area contributed by atoms with Gasteiger partial charge >= 0.3 is 0 Å². The van der Waals surface area contributed by atoms with Gasteiger partial charge in [-0.2, -0.15) is 0 Å². The number of sulfonamides is 1. The predicted octanol–water partition coefficient (Wildman–Crippen LogP) is -0.583. The third kappa shape index (κ3) is 4.55. The number of nitrogens with two attached hydrogens (primary N) is 1. The first kappa shape index (κ1) is 15.4. The van der Waals surface area contributed by atoms with Gasteiger partial charge in [-0.05, 0) is 32.4 Å². The first-order valence-corrected chi connectivity index (χ1v) is 8.04. The zero-order chi connectivity index (χ0) is 13.6. The lowest BCUT2D eigenvalue weighted by molar-refractivity contribution is -0.127. The Morgan fingerprint density at radius 2 is 2.00 bits per heavy atom. The molecule has 0 radical (unpaired) electrons. The minimum absolute atomic E-state index is 0.0546. The summed E-state index contributed by atoms with van der Waals surface area (Å²) in [6, 6.07) is 0. The van der Waals surface area contributed by atoms with Gasteiger partial charge in [0.05, 0.1) is 5.75 Å². The minimum Gasteiger partial charge on any atom is -0.355 e. The minimum atomic E-state index is -3.25. The monoisotopic (exact) mass is 277 g/mol. The summed E-state index contributed by atoms with van der Waals surface area (Å²) >= 11 is 0. The van der Waals surface area contributed by atoms with Crippen LogP contribution in [0.1, 0.15) is 25.7 Å². The van der Waals surface area contributed by atoms with Gasteiger partial charge in [0.2, 0.25) is 15.9 Å². The lowest BCUT2D eigenvalue weighted by Gasteiger charge is -2.29. The van der Waals surface area contributed by atoms with Crippen LogP contribution in [0, 0.1) is 11.8 Å². The second kappa shape index (κ2) is 7.06. The van der Waals surface area contributed by atoms with Crippen molar-refractivity contribution in [3.05, 3.63) is 0 Å². The molecule has 0 aromatic heterocycles. The molecule has 0 bridgehead atoms. The summed E-state index contributed by atoms with van der Waals surface area (Å²) in [5.41, 5.74) is 5.67. The van der Waals surface area contributed by atoms with Crippen LogP contribution < -0.4 is 15.8 Å². The number of hydrogen-bond acceptors (Lipinski definition) is 4. The van der Waals surface area contributed by atoms with E-state index in [9.17, 15) is 13.2 Å². The first-order chi connectivity index (χ1) is 8.50. The average Bonchev–Trinajstić information content (AvgIpc) is 2.38. The van der Waals surface area contributed by atoms with Crippen LogP contribution >= 0.6 is 0 Å². The van der Waals surface area contributed by atoms with Crippen molar-refractivity contribution in [3.8, 4) is 0 Å². The van der Waals surface area contributed by atoms with Gasteiger partial charge in [-0.15, -0.1) is 0 Å². The molecule has 0 heterocycles. The van der Waals surface area contributed by atoms with Gasteiger partial charge in [0, 0.05) is 12.5 Å². The molecule has 6 nitrogen and oxygen atoms in total. The van der Waals surface area contributed by atoms with Gasteiger partial charge in [0.1, 0.15) is 0 Å². The molecule has 18 heavy (non-hydrogen) atoms. The summed E-state index contributed by atoms with van der Waals surface area (Å²) < 4.78 is 24.6. The third-order valence-electron chi connectivity index (χ3n) is 3.53. The summed E-state index contributed by atoms with van der Waals surface area (Å²) in [7, 11) is -1.89. The fourth-order valence-corrected chi connectivity index (χ4v) is 2.95. The van der Waals surface area contributed by atoms with Crippen molar-refractivity contribution < 1.29 is 13.2 Å². The van der Waals surface area contributed by atoms with Gasteiger partial charge in [-0.1, -0.05) is 12.8 Å². The van der Waals surface area contributed by atoms with E-state index in [0.717, 1.165) is 25.7 Å². The Morgan fingerprint density at radius 1 is 1.33 bits per heavy atom. The molecule has 0 saturated heterocycles. The quantitative estimate of drug-likeness (QED) is 0.604. The van der Waals surface area contributed by atoms with Crippen LogP contribution in [0.15, 0.2) is 0 Å². The molecule has 1 saturated carbocycles. The van der Waals surface area contributed by atoms with Gasteiger partial charge in [0.25, 0.3) is 0 Å². The molecule has 1 aliphatic carbocycles. The molecule has 106 valence electrons. The summed E-state index contributed by atoms with van der Waals surface area (Å²) in [6.07, 6.45) is 4.01. The molecular weight excluding hydrogens is 254 g/mol. The summed E-state index contributed by atoms with van der Waals surface area (Å²) in [4.78, 5) is 12.0. The number of rotatable bonds is 6. The number of carbonyl (C=O) groups is 1. The second-order valence-electron chi connectivity index (χ2n) is 4.70. The molecule has 0 aliphatic heterocycles. The van der Waals surface area contributed by atoms with Crippen molar-refractivity contribution in [2.24, 2.45) is 17.6 Å². The molecule has 2 atom stereocenters. The van der Waals surface area contributed by atoms with Crippen molar-refractivity contribution in [2.45, 2.75) is 25.7 Å². The van der Waals surface area contributed by atoms with Crippen LogP contribution in [0.4, 0.5) is 0 Å². The Balaban J connectivity index is 2.40. The molecule has 0 spiro atoms. The van der Waals surface area contributed by atoms with E-state index < -0.39 is 10.0 Å². The molecule has 2 unspecified atom stereocenters. The average molecular weight is 277 g/mol. The SMILES string of the molecule is CNS(=O)(=O)CCNC(=O)C1CCCCC1CN. The van der Waals surface area contributed by atoms with Gasteiger partial charge in [0.15, 0.2) is 0 Å². The fraction of sp³-hybridized carbons (Fsp3) is 0.909. The van der Waals surface area contributed by atoms with Crippen molar-refractivity contribution in [3.63, 3.8) is 0 Å². The van der Waals surface area contributed by atoms with Gasteiger partial charge in [-0.3, -0.25) is 4.79 Å². The maximum Gasteiger partial charge on any atom is 0.223 e. The standard InChI is InChI=1S/C11H23N3O3S/c1-13-18(16,17)7-6-14-11(15)10-5-3-2-4-9(10)8-12/h9-10,13H,2-8,12H2,1H3,(H,14,15). The number of amides is 1. The smallest absolute Gasteiger partial charge is 0.223 e. The second-order valence-corrected chi connectivity index (χ2v) is 6.75. The maximum absolute atomic E-state index is 12.0. The molecule has 4 N–H and O–H groups in total. The highest BCUT2D eigenvalue weighted by Gasteiger charge is 2.29. The Bertz CT molecular complexity index is 370. The van der Waals surface area contributed by atoms with Crippen LogP contribution in [-0.2, 0) is 14.8 Å². The van der Waals surface area contributed by atoms with Crippen LogP contribution in [0.5, 0.6) is 0 Å². The summed E-state index contributed by atoms with van der Waals surface area (Å²) in [5, 5.41) is 2.69. The highest BCUT2D eigenvalue weighted by Crippen LogP contribution is 2.29. The van der Waals surface area contributed by atoms with Crippen molar-refractivity contribution in [1.29, 1.82) is 0 Å². The van der Waals surface area contributed by atoms with E-state index >= 15 is 0 Å². The van der Waals surface area contributed by atoms with Gasteiger partial charge < -0.3 is 11.1 Å². The summed E-state index contributed by atoms with van der Waals surface area (Å²) in [6.45, 7) is 0.669. The van der Waals surface area contributed by atoms with Crippen LogP contribution in [0.25, 0.3) is 0 Å².